The summed E-state index contributed by atoms with van der Waals surface area (Å²) in [5.41, 5.74) is 1.08. The maximum absolute atomic E-state index is 14.9. The lowest BCUT2D eigenvalue weighted by molar-refractivity contribution is 0.102. The van der Waals surface area contributed by atoms with E-state index in [9.17, 15) is 18.4 Å². The molecule has 6 rings (SSSR count). The highest BCUT2D eigenvalue weighted by Crippen LogP contribution is 2.33. The first-order valence-electron chi connectivity index (χ1n) is 11.5. The fourth-order valence-electron chi connectivity index (χ4n) is 4.38. The number of aromatic nitrogens is 3. The molecule has 0 saturated carbocycles. The average molecular weight is 503 g/mol. The van der Waals surface area contributed by atoms with E-state index in [2.05, 4.69) is 20.6 Å². The lowest BCUT2D eigenvalue weighted by Gasteiger charge is -2.14. The van der Waals surface area contributed by atoms with Crippen LogP contribution in [-0.4, -0.2) is 33.6 Å². The molecule has 2 aliphatic heterocycles. The number of nitrogens with zero attached hydrogens (tertiary/aromatic N) is 3. The summed E-state index contributed by atoms with van der Waals surface area (Å²) in [7, 11) is 0. The van der Waals surface area contributed by atoms with E-state index in [0.717, 1.165) is 11.6 Å². The number of carbonyl (C=O) groups excluding carboxylic acids is 1. The molecular formula is C26H19F2N5O4. The van der Waals surface area contributed by atoms with Gasteiger partial charge in [-0.1, -0.05) is 0 Å². The van der Waals surface area contributed by atoms with Crippen molar-refractivity contribution in [3.63, 3.8) is 0 Å². The lowest BCUT2D eigenvalue weighted by Crippen LogP contribution is -2.29. The maximum atomic E-state index is 14.9. The van der Waals surface area contributed by atoms with Gasteiger partial charge in [-0.05, 0) is 42.8 Å². The number of pyridine rings is 1. The topological polar surface area (TPSA) is 107 Å². The van der Waals surface area contributed by atoms with Crippen molar-refractivity contribution in [3.8, 4) is 23.1 Å². The van der Waals surface area contributed by atoms with Gasteiger partial charge in [-0.25, -0.2) is 18.7 Å². The minimum Gasteiger partial charge on any atom is -0.492 e. The molecule has 2 aromatic carbocycles. The van der Waals surface area contributed by atoms with Crippen LogP contribution in [-0.2, 0) is 12.8 Å². The average Bonchev–Trinajstić information content (AvgIpc) is 3.56. The minimum absolute atomic E-state index is 0.0756. The number of halogens is 2. The molecule has 9 nitrogen and oxygen atoms in total. The van der Waals surface area contributed by atoms with Crippen molar-refractivity contribution in [1.29, 1.82) is 0 Å². The van der Waals surface area contributed by atoms with Crippen molar-refractivity contribution in [3.05, 3.63) is 93.7 Å². The third kappa shape index (κ3) is 4.14. The standard InChI is InChI=1S/C26H19F2N5O4/c27-15-1-4-17(5-2-15)33-12-14-8-10-36-22(14)21(26(33)35)24(34)32-16-3-6-20(19(28)11-16)37-25-18-7-9-29-23(18)30-13-31-25/h1-6,11-13H,7-10H2,(H,32,34)(H,29,30,31). The minimum atomic E-state index is -0.757. The zero-order valence-corrected chi connectivity index (χ0v) is 19.3. The van der Waals surface area contributed by atoms with E-state index in [4.69, 9.17) is 9.47 Å². The quantitative estimate of drug-likeness (QED) is 0.426. The van der Waals surface area contributed by atoms with E-state index in [1.54, 1.807) is 6.20 Å². The fourth-order valence-corrected chi connectivity index (χ4v) is 4.38. The Balaban J connectivity index is 1.29. The molecule has 0 spiro atoms. The molecule has 4 aromatic rings. The largest absolute Gasteiger partial charge is 0.492 e. The van der Waals surface area contributed by atoms with Gasteiger partial charge in [0.1, 0.15) is 29.3 Å². The highest BCUT2D eigenvalue weighted by Gasteiger charge is 2.27. The van der Waals surface area contributed by atoms with Gasteiger partial charge in [-0.15, -0.1) is 0 Å². The van der Waals surface area contributed by atoms with Crippen LogP contribution in [0.1, 0.15) is 21.5 Å². The van der Waals surface area contributed by atoms with Crippen LogP contribution >= 0.6 is 0 Å². The van der Waals surface area contributed by atoms with Gasteiger partial charge in [-0.3, -0.25) is 14.2 Å². The Labute approximate surface area is 208 Å². The van der Waals surface area contributed by atoms with Gasteiger partial charge in [0.15, 0.2) is 11.6 Å². The van der Waals surface area contributed by atoms with E-state index >= 15 is 0 Å². The molecule has 37 heavy (non-hydrogen) atoms. The van der Waals surface area contributed by atoms with Crippen LogP contribution in [0, 0.1) is 11.6 Å². The highest BCUT2D eigenvalue weighted by molar-refractivity contribution is 6.06. The van der Waals surface area contributed by atoms with Crippen LogP contribution in [0.15, 0.2) is 59.8 Å². The van der Waals surface area contributed by atoms with Crippen molar-refractivity contribution in [2.75, 3.05) is 23.8 Å². The summed E-state index contributed by atoms with van der Waals surface area (Å²) in [5.74, 6) is -0.917. The number of anilines is 2. The third-order valence-corrected chi connectivity index (χ3v) is 6.16. The van der Waals surface area contributed by atoms with Gasteiger partial charge in [0.05, 0.1) is 12.2 Å². The Morgan fingerprint density at radius 3 is 2.76 bits per heavy atom. The van der Waals surface area contributed by atoms with Crippen LogP contribution in [0.25, 0.3) is 5.69 Å². The van der Waals surface area contributed by atoms with Gasteiger partial charge >= 0.3 is 0 Å². The number of hydrogen-bond acceptors (Lipinski definition) is 7. The molecule has 1 amide bonds. The highest BCUT2D eigenvalue weighted by atomic mass is 19.1. The number of fused-ring (bicyclic) bond motifs is 2. The van der Waals surface area contributed by atoms with Crippen molar-refractivity contribution in [2.24, 2.45) is 0 Å². The number of amides is 1. The van der Waals surface area contributed by atoms with Crippen molar-refractivity contribution < 1.29 is 23.0 Å². The molecule has 0 radical (unpaired) electrons. The Bertz CT molecular complexity index is 1600. The molecule has 2 aromatic heterocycles. The number of hydrogen-bond donors (Lipinski definition) is 2. The number of rotatable bonds is 5. The Morgan fingerprint density at radius 2 is 1.95 bits per heavy atom. The van der Waals surface area contributed by atoms with Gasteiger partial charge in [0.2, 0.25) is 5.88 Å². The summed E-state index contributed by atoms with van der Waals surface area (Å²) < 4.78 is 40.8. The number of benzene rings is 2. The van der Waals surface area contributed by atoms with Crippen LogP contribution in [0.2, 0.25) is 0 Å². The second-order valence-electron chi connectivity index (χ2n) is 8.49. The molecule has 2 N–H and O–H groups in total. The number of nitrogens with one attached hydrogen (secondary N) is 2. The predicted molar refractivity (Wildman–Crippen MR) is 130 cm³/mol. The van der Waals surface area contributed by atoms with Crippen LogP contribution in [0.5, 0.6) is 17.4 Å². The molecule has 0 fully saturated rings. The van der Waals surface area contributed by atoms with Gasteiger partial charge in [-0.2, -0.15) is 0 Å². The number of carbonyl (C=O) groups is 1. The van der Waals surface area contributed by atoms with E-state index < -0.39 is 23.1 Å². The monoisotopic (exact) mass is 503 g/mol. The second-order valence-corrected chi connectivity index (χ2v) is 8.49. The molecule has 0 atom stereocenters. The Hall–Kier alpha value is -4.80. The van der Waals surface area contributed by atoms with E-state index in [-0.39, 0.29) is 28.6 Å². The Kier molecular flexibility index (Phi) is 5.52. The SMILES string of the molecule is O=C(Nc1ccc(Oc2ncnc3c2CCN3)c(F)c1)c1c2c(cn(-c3ccc(F)cc3)c1=O)CCO2. The summed E-state index contributed by atoms with van der Waals surface area (Å²) in [6, 6.07) is 9.25. The van der Waals surface area contributed by atoms with E-state index in [0.29, 0.717) is 43.1 Å². The maximum Gasteiger partial charge on any atom is 0.271 e. The molecule has 186 valence electrons. The molecular weight excluding hydrogens is 484 g/mol. The predicted octanol–water partition coefficient (Wildman–Crippen LogP) is 3.85. The number of ether oxygens (including phenoxy) is 2. The summed E-state index contributed by atoms with van der Waals surface area (Å²) >= 11 is 0. The summed E-state index contributed by atoms with van der Waals surface area (Å²) in [4.78, 5) is 34.7. The first kappa shape index (κ1) is 22.7. The molecule has 0 saturated heterocycles. The van der Waals surface area contributed by atoms with Gasteiger partial charge in [0.25, 0.3) is 11.5 Å². The fraction of sp³-hybridized carbons (Fsp3) is 0.154. The zero-order chi connectivity index (χ0) is 25.5. The first-order valence-corrected chi connectivity index (χ1v) is 11.5. The molecule has 0 unspecified atom stereocenters. The van der Waals surface area contributed by atoms with E-state index in [1.165, 1.54) is 47.3 Å². The van der Waals surface area contributed by atoms with Crippen molar-refractivity contribution in [1.82, 2.24) is 14.5 Å². The van der Waals surface area contributed by atoms with Crippen LogP contribution in [0.3, 0.4) is 0 Å². The Morgan fingerprint density at radius 1 is 1.11 bits per heavy atom. The summed E-state index contributed by atoms with van der Waals surface area (Å²) in [5, 5.41) is 5.67. The van der Waals surface area contributed by atoms with Crippen LogP contribution < -0.4 is 25.7 Å². The molecule has 0 aliphatic carbocycles. The van der Waals surface area contributed by atoms with Crippen molar-refractivity contribution in [2.45, 2.75) is 12.8 Å². The molecule has 11 heteroatoms. The van der Waals surface area contributed by atoms with Crippen LogP contribution in [0.4, 0.5) is 20.3 Å². The molecule has 2 aliphatic rings. The molecule has 4 heterocycles. The normalized spacial score (nSPS) is 13.4. The summed E-state index contributed by atoms with van der Waals surface area (Å²) in [6.45, 7) is 0.999. The first-order chi connectivity index (χ1) is 18.0. The van der Waals surface area contributed by atoms with E-state index in [1.807, 2.05) is 0 Å². The van der Waals surface area contributed by atoms with Gasteiger partial charge in [0, 0.05) is 42.2 Å². The molecule has 0 bridgehead atoms. The second kappa shape index (κ2) is 9.01. The zero-order valence-electron chi connectivity index (χ0n) is 19.3. The van der Waals surface area contributed by atoms with Gasteiger partial charge < -0.3 is 20.1 Å². The smallest absolute Gasteiger partial charge is 0.271 e. The van der Waals surface area contributed by atoms with Crippen molar-refractivity contribution >= 4 is 17.4 Å². The third-order valence-electron chi connectivity index (χ3n) is 6.16. The lowest BCUT2D eigenvalue weighted by atomic mass is 10.1. The summed E-state index contributed by atoms with van der Waals surface area (Å²) in [6.07, 6.45) is 4.07.